The van der Waals surface area contributed by atoms with E-state index in [1.165, 1.54) is 18.9 Å². The molecule has 6 nitrogen and oxygen atoms in total. The summed E-state index contributed by atoms with van der Waals surface area (Å²) in [7, 11) is 1.29. The molecule has 2 unspecified atom stereocenters. The molecular formula is C20H21NO5S. The second kappa shape index (κ2) is 8.92. The fourth-order valence-corrected chi connectivity index (χ4v) is 3.70. The summed E-state index contributed by atoms with van der Waals surface area (Å²) in [4.78, 5) is 26.2. The summed E-state index contributed by atoms with van der Waals surface area (Å²) in [6.07, 6.45) is -1.49. The predicted octanol–water partition coefficient (Wildman–Crippen LogP) is 2.42. The molecule has 1 aliphatic heterocycles. The lowest BCUT2D eigenvalue weighted by atomic mass is 10.1. The Balaban J connectivity index is 1.63. The van der Waals surface area contributed by atoms with Crippen LogP contribution in [0.2, 0.25) is 0 Å². The lowest BCUT2D eigenvalue weighted by Gasteiger charge is -2.33. The van der Waals surface area contributed by atoms with E-state index in [1.807, 2.05) is 36.4 Å². The van der Waals surface area contributed by atoms with Gasteiger partial charge in [0.25, 0.3) is 0 Å². The summed E-state index contributed by atoms with van der Waals surface area (Å²) in [6.45, 7) is 0.102. The van der Waals surface area contributed by atoms with Crippen LogP contribution >= 0.6 is 11.8 Å². The number of esters is 1. The second-order valence-corrected chi connectivity index (χ2v) is 7.07. The van der Waals surface area contributed by atoms with Crippen molar-refractivity contribution in [2.75, 3.05) is 30.1 Å². The van der Waals surface area contributed by atoms with Crippen LogP contribution in [0.25, 0.3) is 0 Å². The van der Waals surface area contributed by atoms with Crippen molar-refractivity contribution in [1.82, 2.24) is 0 Å². The molecule has 0 bridgehead atoms. The lowest BCUT2D eigenvalue weighted by molar-refractivity contribution is -0.148. The number of ether oxygens (including phenoxy) is 2. The fourth-order valence-electron chi connectivity index (χ4n) is 2.83. The summed E-state index contributed by atoms with van der Waals surface area (Å²) >= 11 is 1.35. The summed E-state index contributed by atoms with van der Waals surface area (Å²) in [5.41, 5.74) is 1.45. The standard InChI is InChI=1S/C20H21NO5S/c1-25-20(24)18-11-21(15-9-5-6-10-17(15)26-18)19(23)13-27-12-16(22)14-7-3-2-4-8-14/h2-10,16,18,22H,11-13H2,1H3. The fraction of sp³-hybridized carbons (Fsp3) is 0.300. The number of hydrogen-bond donors (Lipinski definition) is 1. The highest BCUT2D eigenvalue weighted by molar-refractivity contribution is 8.00. The van der Waals surface area contributed by atoms with E-state index in [1.54, 1.807) is 23.1 Å². The number of carbonyl (C=O) groups is 2. The number of amides is 1. The Morgan fingerprint density at radius 2 is 1.93 bits per heavy atom. The molecule has 2 aromatic carbocycles. The van der Waals surface area contributed by atoms with Crippen LogP contribution < -0.4 is 9.64 Å². The van der Waals surface area contributed by atoms with E-state index < -0.39 is 18.2 Å². The van der Waals surface area contributed by atoms with Gasteiger partial charge in [-0.25, -0.2) is 4.79 Å². The topological polar surface area (TPSA) is 76.1 Å². The third kappa shape index (κ3) is 4.61. The van der Waals surface area contributed by atoms with Crippen molar-refractivity contribution in [3.05, 3.63) is 60.2 Å². The molecule has 1 aliphatic rings. The Morgan fingerprint density at radius 3 is 2.67 bits per heavy atom. The molecule has 7 heteroatoms. The van der Waals surface area contributed by atoms with Gasteiger partial charge in [0.1, 0.15) is 5.75 Å². The van der Waals surface area contributed by atoms with Crippen LogP contribution in [-0.4, -0.2) is 48.2 Å². The number of methoxy groups -OCH3 is 1. The highest BCUT2D eigenvalue weighted by Crippen LogP contribution is 2.34. The molecule has 0 saturated heterocycles. The van der Waals surface area contributed by atoms with Gasteiger partial charge in [-0.15, -0.1) is 11.8 Å². The van der Waals surface area contributed by atoms with Crippen LogP contribution in [0, 0.1) is 0 Å². The summed E-state index contributed by atoms with van der Waals surface area (Å²) in [6, 6.07) is 16.4. The van der Waals surface area contributed by atoms with E-state index in [0.717, 1.165) is 5.56 Å². The van der Waals surface area contributed by atoms with Crippen LogP contribution in [0.1, 0.15) is 11.7 Å². The number of fused-ring (bicyclic) bond motifs is 1. The normalized spacial score (nSPS) is 16.8. The molecule has 0 fully saturated rings. The quantitative estimate of drug-likeness (QED) is 0.768. The third-order valence-electron chi connectivity index (χ3n) is 4.22. The number of anilines is 1. The molecule has 0 aromatic heterocycles. The SMILES string of the molecule is COC(=O)C1CN(C(=O)CSCC(O)c2ccccc2)c2ccccc2O1. The van der Waals surface area contributed by atoms with Crippen LogP contribution in [0.5, 0.6) is 5.75 Å². The number of thioether (sulfide) groups is 1. The predicted molar refractivity (Wildman–Crippen MR) is 104 cm³/mol. The number of aliphatic hydroxyl groups is 1. The van der Waals surface area contributed by atoms with E-state index in [4.69, 9.17) is 9.47 Å². The molecule has 1 amide bonds. The highest BCUT2D eigenvalue weighted by Gasteiger charge is 2.34. The zero-order chi connectivity index (χ0) is 19.2. The van der Waals surface area contributed by atoms with Gasteiger partial charge in [-0.2, -0.15) is 0 Å². The van der Waals surface area contributed by atoms with Crippen LogP contribution in [0.4, 0.5) is 5.69 Å². The van der Waals surface area contributed by atoms with Gasteiger partial charge >= 0.3 is 5.97 Å². The van der Waals surface area contributed by atoms with Gasteiger partial charge < -0.3 is 19.5 Å². The van der Waals surface area contributed by atoms with Gasteiger partial charge in [0.2, 0.25) is 12.0 Å². The van der Waals surface area contributed by atoms with Crippen molar-refractivity contribution >= 4 is 29.3 Å². The zero-order valence-electron chi connectivity index (χ0n) is 14.9. The van der Waals surface area contributed by atoms with Crippen molar-refractivity contribution in [3.8, 4) is 5.75 Å². The third-order valence-corrected chi connectivity index (χ3v) is 5.23. The van der Waals surface area contributed by atoms with Gasteiger partial charge in [0, 0.05) is 5.75 Å². The van der Waals surface area contributed by atoms with E-state index in [9.17, 15) is 14.7 Å². The molecule has 142 valence electrons. The smallest absolute Gasteiger partial charge is 0.348 e. The number of rotatable bonds is 6. The first-order valence-electron chi connectivity index (χ1n) is 8.54. The maximum absolute atomic E-state index is 12.8. The molecule has 2 aromatic rings. The van der Waals surface area contributed by atoms with Crippen molar-refractivity contribution < 1.29 is 24.2 Å². The van der Waals surface area contributed by atoms with E-state index in [2.05, 4.69) is 0 Å². The van der Waals surface area contributed by atoms with Gasteiger partial charge in [0.15, 0.2) is 0 Å². The Morgan fingerprint density at radius 1 is 1.22 bits per heavy atom. The average molecular weight is 387 g/mol. The maximum Gasteiger partial charge on any atom is 0.348 e. The van der Waals surface area contributed by atoms with Gasteiger partial charge in [-0.3, -0.25) is 4.79 Å². The van der Waals surface area contributed by atoms with Crippen molar-refractivity contribution in [1.29, 1.82) is 0 Å². The van der Waals surface area contributed by atoms with Gasteiger partial charge in [-0.05, 0) is 17.7 Å². The monoisotopic (exact) mass is 387 g/mol. The first-order chi connectivity index (χ1) is 13.1. The van der Waals surface area contributed by atoms with E-state index in [0.29, 0.717) is 17.2 Å². The first kappa shape index (κ1) is 19.3. The summed E-state index contributed by atoms with van der Waals surface area (Å²) < 4.78 is 10.4. The molecule has 1 heterocycles. The number of carbonyl (C=O) groups excluding carboxylic acids is 2. The first-order valence-corrected chi connectivity index (χ1v) is 9.70. The van der Waals surface area contributed by atoms with Gasteiger partial charge in [0.05, 0.1) is 31.2 Å². The van der Waals surface area contributed by atoms with Gasteiger partial charge in [-0.1, -0.05) is 42.5 Å². The van der Waals surface area contributed by atoms with E-state index in [-0.39, 0.29) is 18.2 Å². The van der Waals surface area contributed by atoms with E-state index >= 15 is 0 Å². The Labute approximate surface area is 162 Å². The minimum absolute atomic E-state index is 0.102. The number of nitrogens with zero attached hydrogens (tertiary/aromatic N) is 1. The number of para-hydroxylation sites is 2. The molecule has 1 N–H and O–H groups in total. The molecule has 0 radical (unpaired) electrons. The second-order valence-electron chi connectivity index (χ2n) is 6.04. The summed E-state index contributed by atoms with van der Waals surface area (Å²) in [5.74, 6) is 0.398. The summed E-state index contributed by atoms with van der Waals surface area (Å²) in [5, 5.41) is 10.2. The van der Waals surface area contributed by atoms with Crippen molar-refractivity contribution in [3.63, 3.8) is 0 Å². The average Bonchev–Trinajstić information content (AvgIpc) is 2.72. The number of benzene rings is 2. The minimum Gasteiger partial charge on any atom is -0.475 e. The molecule has 27 heavy (non-hydrogen) atoms. The highest BCUT2D eigenvalue weighted by atomic mass is 32.2. The molecule has 0 aliphatic carbocycles. The number of hydrogen-bond acceptors (Lipinski definition) is 6. The maximum atomic E-state index is 12.8. The molecule has 0 spiro atoms. The Bertz CT molecular complexity index is 798. The van der Waals surface area contributed by atoms with Crippen LogP contribution in [0.3, 0.4) is 0 Å². The Hall–Kier alpha value is -2.51. The number of aliphatic hydroxyl groups excluding tert-OH is 1. The molecular weight excluding hydrogens is 366 g/mol. The van der Waals surface area contributed by atoms with Crippen molar-refractivity contribution in [2.45, 2.75) is 12.2 Å². The largest absolute Gasteiger partial charge is 0.475 e. The minimum atomic E-state index is -0.853. The zero-order valence-corrected chi connectivity index (χ0v) is 15.7. The van der Waals surface area contributed by atoms with Crippen LogP contribution in [0.15, 0.2) is 54.6 Å². The van der Waals surface area contributed by atoms with Crippen LogP contribution in [-0.2, 0) is 14.3 Å². The molecule has 3 rings (SSSR count). The molecule has 2 atom stereocenters. The Kier molecular flexibility index (Phi) is 6.36. The lowest BCUT2D eigenvalue weighted by Crippen LogP contribution is -2.48. The van der Waals surface area contributed by atoms with Crippen molar-refractivity contribution in [2.24, 2.45) is 0 Å². The molecule has 0 saturated carbocycles.